The van der Waals surface area contributed by atoms with E-state index in [1.165, 1.54) is 19.4 Å². The van der Waals surface area contributed by atoms with Gasteiger partial charge in [-0.1, -0.05) is 6.07 Å². The molecule has 1 heterocycles. The van der Waals surface area contributed by atoms with Crippen molar-refractivity contribution >= 4 is 32.6 Å². The fourth-order valence-corrected chi connectivity index (χ4v) is 3.78. The van der Waals surface area contributed by atoms with E-state index in [9.17, 15) is 13.2 Å². The zero-order chi connectivity index (χ0) is 19.6. The van der Waals surface area contributed by atoms with E-state index in [1.807, 2.05) is 6.07 Å². The lowest BCUT2D eigenvalue weighted by molar-refractivity contribution is -0.115. The van der Waals surface area contributed by atoms with Crippen LogP contribution in [0.25, 0.3) is 11.0 Å². The Balaban J connectivity index is 1.80. The van der Waals surface area contributed by atoms with E-state index >= 15 is 0 Å². The Morgan fingerprint density at radius 3 is 2.67 bits per heavy atom. The maximum atomic E-state index is 12.4. The normalized spacial score (nSPS) is 11.5. The molecule has 0 unspecified atom stereocenters. The number of aryl methyl sites for hydroxylation is 1. The Bertz CT molecular complexity index is 1100. The molecule has 0 aliphatic heterocycles. The number of benzene rings is 2. The number of fused-ring (bicyclic) bond motifs is 1. The third-order valence-electron chi connectivity index (χ3n) is 4.24. The Labute approximate surface area is 157 Å². The van der Waals surface area contributed by atoms with Crippen LogP contribution in [-0.4, -0.2) is 28.5 Å². The second-order valence-electron chi connectivity index (χ2n) is 6.04. The largest absolute Gasteiger partial charge is 0.497 e. The van der Waals surface area contributed by atoms with Crippen LogP contribution in [0.15, 0.2) is 52.0 Å². The van der Waals surface area contributed by atoms with Crippen molar-refractivity contribution in [2.75, 3.05) is 19.5 Å². The van der Waals surface area contributed by atoms with Crippen LogP contribution in [0, 0.1) is 6.92 Å². The molecule has 27 heavy (non-hydrogen) atoms. The van der Waals surface area contributed by atoms with Crippen molar-refractivity contribution in [1.29, 1.82) is 0 Å². The highest BCUT2D eigenvalue weighted by molar-refractivity contribution is 7.89. The topological polar surface area (TPSA) is 97.6 Å². The Hall–Kier alpha value is -2.84. The summed E-state index contributed by atoms with van der Waals surface area (Å²) in [5.41, 5.74) is 2.38. The van der Waals surface area contributed by atoms with Crippen LogP contribution in [0.4, 0.5) is 5.69 Å². The van der Waals surface area contributed by atoms with Gasteiger partial charge in [-0.2, -0.15) is 0 Å². The summed E-state index contributed by atoms with van der Waals surface area (Å²) in [5, 5.41) is 3.56. The number of rotatable bonds is 6. The highest BCUT2D eigenvalue weighted by Gasteiger charge is 2.16. The van der Waals surface area contributed by atoms with E-state index in [0.29, 0.717) is 22.6 Å². The Morgan fingerprint density at radius 2 is 1.96 bits per heavy atom. The molecule has 7 nitrogen and oxygen atoms in total. The molecular formula is C19H20N2O5S. The number of anilines is 1. The van der Waals surface area contributed by atoms with Gasteiger partial charge >= 0.3 is 0 Å². The fourth-order valence-electron chi connectivity index (χ4n) is 2.78. The second kappa shape index (κ2) is 7.42. The average Bonchev–Trinajstić information content (AvgIpc) is 3.05. The summed E-state index contributed by atoms with van der Waals surface area (Å²) in [6.07, 6.45) is 1.64. The first-order chi connectivity index (χ1) is 12.8. The summed E-state index contributed by atoms with van der Waals surface area (Å²) >= 11 is 0. The number of furan rings is 1. The molecule has 8 heteroatoms. The highest BCUT2D eigenvalue weighted by atomic mass is 32.2. The van der Waals surface area contributed by atoms with Gasteiger partial charge in [-0.15, -0.1) is 0 Å². The third kappa shape index (κ3) is 3.96. The van der Waals surface area contributed by atoms with Crippen LogP contribution in [-0.2, 0) is 21.2 Å². The maximum absolute atomic E-state index is 12.4. The van der Waals surface area contributed by atoms with Crippen LogP contribution >= 0.6 is 0 Å². The molecule has 0 aliphatic rings. The van der Waals surface area contributed by atoms with Crippen LogP contribution in [0.2, 0.25) is 0 Å². The molecule has 0 aliphatic carbocycles. The molecule has 2 N–H and O–H groups in total. The molecule has 0 saturated heterocycles. The van der Waals surface area contributed by atoms with Gasteiger partial charge in [-0.05, 0) is 43.8 Å². The number of nitrogens with one attached hydrogen (secondary N) is 2. The molecule has 1 aromatic heterocycles. The summed E-state index contributed by atoms with van der Waals surface area (Å²) in [4.78, 5) is 12.5. The van der Waals surface area contributed by atoms with Crippen molar-refractivity contribution in [2.45, 2.75) is 18.2 Å². The molecule has 3 aromatic rings. The lowest BCUT2D eigenvalue weighted by atomic mass is 10.1. The van der Waals surface area contributed by atoms with Gasteiger partial charge in [0.15, 0.2) is 0 Å². The predicted molar refractivity (Wildman–Crippen MR) is 103 cm³/mol. The molecule has 2 aromatic carbocycles. The van der Waals surface area contributed by atoms with Gasteiger partial charge in [0.05, 0.1) is 24.7 Å². The van der Waals surface area contributed by atoms with Gasteiger partial charge < -0.3 is 14.5 Å². The van der Waals surface area contributed by atoms with Gasteiger partial charge in [0.2, 0.25) is 15.9 Å². The minimum absolute atomic E-state index is 0.0985. The minimum atomic E-state index is -3.60. The molecule has 1 amide bonds. The molecule has 0 saturated carbocycles. The van der Waals surface area contributed by atoms with E-state index < -0.39 is 10.0 Å². The van der Waals surface area contributed by atoms with Crippen molar-refractivity contribution in [1.82, 2.24) is 4.72 Å². The number of hydrogen-bond acceptors (Lipinski definition) is 5. The zero-order valence-corrected chi connectivity index (χ0v) is 16.0. The maximum Gasteiger partial charge on any atom is 0.240 e. The fraction of sp³-hybridized carbons (Fsp3) is 0.211. The number of ether oxygens (including phenoxy) is 1. The number of carbonyl (C=O) groups excluding carboxylic acids is 1. The van der Waals surface area contributed by atoms with E-state index in [1.54, 1.807) is 38.3 Å². The summed E-state index contributed by atoms with van der Waals surface area (Å²) in [6.45, 7) is 1.70. The van der Waals surface area contributed by atoms with Crippen LogP contribution in [0.1, 0.15) is 11.1 Å². The number of hydrogen-bond donors (Lipinski definition) is 2. The molecule has 0 fully saturated rings. The monoisotopic (exact) mass is 388 g/mol. The van der Waals surface area contributed by atoms with E-state index in [-0.39, 0.29) is 17.2 Å². The summed E-state index contributed by atoms with van der Waals surface area (Å²) in [5.74, 6) is 0.399. The lowest BCUT2D eigenvalue weighted by Gasteiger charge is -2.10. The number of amides is 1. The molecule has 142 valence electrons. The summed E-state index contributed by atoms with van der Waals surface area (Å²) in [6, 6.07) is 10.2. The van der Waals surface area contributed by atoms with Crippen LogP contribution < -0.4 is 14.8 Å². The first-order valence-corrected chi connectivity index (χ1v) is 9.70. The Kier molecular flexibility index (Phi) is 5.20. The molecule has 0 spiro atoms. The SMILES string of the molecule is CNS(=O)(=O)c1cc(NC(=O)Cc2coc3cc(OC)ccc23)ccc1C. The molecule has 0 bridgehead atoms. The van der Waals surface area contributed by atoms with E-state index in [0.717, 1.165) is 10.9 Å². The van der Waals surface area contributed by atoms with Crippen LogP contribution in [0.5, 0.6) is 5.75 Å². The number of carbonyl (C=O) groups is 1. The average molecular weight is 388 g/mol. The predicted octanol–water partition coefficient (Wildman–Crippen LogP) is 2.84. The zero-order valence-electron chi connectivity index (χ0n) is 15.2. The molecule has 0 radical (unpaired) electrons. The van der Waals surface area contributed by atoms with Gasteiger partial charge in [0.1, 0.15) is 11.3 Å². The van der Waals surface area contributed by atoms with Crippen molar-refractivity contribution < 1.29 is 22.4 Å². The van der Waals surface area contributed by atoms with Crippen molar-refractivity contribution in [3.63, 3.8) is 0 Å². The summed E-state index contributed by atoms with van der Waals surface area (Å²) in [7, 11) is -0.682. The van der Waals surface area contributed by atoms with E-state index in [2.05, 4.69) is 10.0 Å². The molecule has 0 atom stereocenters. The van der Waals surface area contributed by atoms with Crippen molar-refractivity contribution in [2.24, 2.45) is 0 Å². The van der Waals surface area contributed by atoms with Crippen molar-refractivity contribution in [3.05, 3.63) is 53.8 Å². The van der Waals surface area contributed by atoms with E-state index in [4.69, 9.17) is 9.15 Å². The minimum Gasteiger partial charge on any atom is -0.497 e. The molecular weight excluding hydrogens is 368 g/mol. The van der Waals surface area contributed by atoms with Crippen LogP contribution in [0.3, 0.4) is 0 Å². The van der Waals surface area contributed by atoms with Gasteiger partial charge in [-0.3, -0.25) is 4.79 Å². The first-order valence-electron chi connectivity index (χ1n) is 8.22. The first kappa shape index (κ1) is 18.9. The van der Waals surface area contributed by atoms with Crippen molar-refractivity contribution in [3.8, 4) is 5.75 Å². The summed E-state index contributed by atoms with van der Waals surface area (Å²) < 4.78 is 37.1. The molecule has 3 rings (SSSR count). The second-order valence-corrected chi connectivity index (χ2v) is 7.89. The number of sulfonamides is 1. The standard InChI is InChI=1S/C19H20N2O5S/c1-12-4-5-14(9-18(12)27(23,24)20-2)21-19(22)8-13-11-26-17-10-15(25-3)6-7-16(13)17/h4-7,9-11,20H,8H2,1-3H3,(H,21,22). The Morgan fingerprint density at radius 1 is 1.19 bits per heavy atom. The van der Waals surface area contributed by atoms with Gasteiger partial charge in [-0.25, -0.2) is 13.1 Å². The van der Waals surface area contributed by atoms with Gasteiger partial charge in [0.25, 0.3) is 0 Å². The lowest BCUT2D eigenvalue weighted by Crippen LogP contribution is -2.20. The quantitative estimate of drug-likeness (QED) is 0.677. The highest BCUT2D eigenvalue weighted by Crippen LogP contribution is 2.26. The third-order valence-corrected chi connectivity index (χ3v) is 5.80. The van der Waals surface area contributed by atoms with Gasteiger partial charge in [0, 0.05) is 22.7 Å². The number of methoxy groups -OCH3 is 1. The smallest absolute Gasteiger partial charge is 0.240 e.